The second-order valence-corrected chi connectivity index (χ2v) is 10.2. The zero-order chi connectivity index (χ0) is 27.4. The van der Waals surface area contributed by atoms with Crippen LogP contribution in [0.25, 0.3) is 0 Å². The van der Waals surface area contributed by atoms with E-state index in [1.165, 1.54) is 0 Å². The Balaban J connectivity index is 5.38. The minimum Gasteiger partial charge on any atom is -0.465 e. The molecule has 0 aromatic rings. The summed E-state index contributed by atoms with van der Waals surface area (Å²) in [4.78, 5) is 38.6. The predicted molar refractivity (Wildman–Crippen MR) is 142 cm³/mol. The van der Waals surface area contributed by atoms with Gasteiger partial charge in [0.25, 0.3) is 5.60 Å². The minimum absolute atomic E-state index is 0.0863. The van der Waals surface area contributed by atoms with Gasteiger partial charge in [0, 0.05) is 0 Å². The van der Waals surface area contributed by atoms with Crippen molar-refractivity contribution >= 4 is 17.9 Å². The van der Waals surface area contributed by atoms with E-state index in [0.717, 1.165) is 77.0 Å². The van der Waals surface area contributed by atoms with Gasteiger partial charge in [-0.15, -0.1) is 0 Å². The molecule has 36 heavy (non-hydrogen) atoms. The smallest absolute Gasteiger partial charge is 0.350 e. The number of hydrogen-bond donors (Lipinski definition) is 1. The Labute approximate surface area is 220 Å². The molecule has 0 aromatic carbocycles. The summed E-state index contributed by atoms with van der Waals surface area (Å²) in [6, 6.07) is 0. The normalized spacial score (nSPS) is 15.4. The summed E-state index contributed by atoms with van der Waals surface area (Å²) in [6.07, 6.45) is 10.5. The fourth-order valence-corrected chi connectivity index (χ4v) is 4.02. The number of unbranched alkanes of at least 4 members (excludes halogenated alkanes) is 3. The molecule has 3 atom stereocenters. The van der Waals surface area contributed by atoms with Crippen molar-refractivity contribution in [1.29, 1.82) is 0 Å². The van der Waals surface area contributed by atoms with Crippen molar-refractivity contribution in [3.8, 4) is 0 Å². The number of ether oxygens (including phenoxy) is 3. The van der Waals surface area contributed by atoms with Crippen molar-refractivity contribution in [1.82, 2.24) is 0 Å². The second-order valence-electron chi connectivity index (χ2n) is 10.2. The van der Waals surface area contributed by atoms with Crippen LogP contribution in [-0.2, 0) is 28.6 Å². The van der Waals surface area contributed by atoms with E-state index >= 15 is 0 Å². The highest BCUT2D eigenvalue weighted by Crippen LogP contribution is 2.22. The molecule has 0 aliphatic rings. The van der Waals surface area contributed by atoms with E-state index in [1.807, 2.05) is 20.8 Å². The number of carbonyl (C=O) groups excluding carboxylic acids is 3. The van der Waals surface area contributed by atoms with Crippen molar-refractivity contribution in [3.63, 3.8) is 0 Å². The molecule has 1 N–H and O–H groups in total. The quantitative estimate of drug-likeness (QED) is 0.102. The molecule has 7 heteroatoms. The SMILES string of the molecule is CCCCC(CC)COC(=O)CC(O)(C(=O)OCC(CC)CCCC)C(=O)OCC(CC)CCCC. The number of hydrogen-bond acceptors (Lipinski definition) is 7. The van der Waals surface area contributed by atoms with Gasteiger partial charge >= 0.3 is 17.9 Å². The standard InChI is InChI=1S/C29H54O7/c1-7-13-16-23(10-4)20-34-26(30)19-29(33,27(31)35-21-24(11-5)17-14-8-2)28(32)36-22-25(12-6)18-15-9-3/h23-25,33H,7-22H2,1-6H3. The van der Waals surface area contributed by atoms with Crippen LogP contribution < -0.4 is 0 Å². The molecule has 0 saturated carbocycles. The van der Waals surface area contributed by atoms with Crippen molar-refractivity contribution in [3.05, 3.63) is 0 Å². The topological polar surface area (TPSA) is 99.1 Å². The van der Waals surface area contributed by atoms with E-state index in [9.17, 15) is 19.5 Å². The van der Waals surface area contributed by atoms with Crippen LogP contribution in [0.1, 0.15) is 125 Å². The average molecular weight is 515 g/mol. The Morgan fingerprint density at radius 1 is 0.611 bits per heavy atom. The van der Waals surface area contributed by atoms with E-state index in [1.54, 1.807) is 0 Å². The fourth-order valence-electron chi connectivity index (χ4n) is 4.02. The van der Waals surface area contributed by atoms with Gasteiger partial charge < -0.3 is 19.3 Å². The monoisotopic (exact) mass is 514 g/mol. The third-order valence-electron chi connectivity index (χ3n) is 7.09. The fraction of sp³-hybridized carbons (Fsp3) is 0.897. The Bertz CT molecular complexity index is 572. The highest BCUT2D eigenvalue weighted by molar-refractivity contribution is 6.06. The van der Waals surface area contributed by atoms with Gasteiger partial charge in [0.1, 0.15) is 0 Å². The lowest BCUT2D eigenvalue weighted by molar-refractivity contribution is -0.190. The second kappa shape index (κ2) is 20.4. The summed E-state index contributed by atoms with van der Waals surface area (Å²) in [5, 5.41) is 11.2. The number of carbonyl (C=O) groups is 3. The van der Waals surface area contributed by atoms with E-state index in [4.69, 9.17) is 14.2 Å². The van der Waals surface area contributed by atoms with Gasteiger partial charge in [-0.25, -0.2) is 9.59 Å². The van der Waals surface area contributed by atoms with Crippen molar-refractivity contribution < 1.29 is 33.7 Å². The molecule has 0 saturated heterocycles. The Morgan fingerprint density at radius 2 is 0.944 bits per heavy atom. The number of esters is 3. The van der Waals surface area contributed by atoms with Crippen LogP contribution in [0.5, 0.6) is 0 Å². The highest BCUT2D eigenvalue weighted by atomic mass is 16.6. The summed E-state index contributed by atoms with van der Waals surface area (Å²) in [5.41, 5.74) is -2.71. The molecule has 7 nitrogen and oxygen atoms in total. The Morgan fingerprint density at radius 3 is 1.25 bits per heavy atom. The summed E-state index contributed by atoms with van der Waals surface area (Å²) >= 11 is 0. The van der Waals surface area contributed by atoms with Crippen LogP contribution in [-0.4, -0.2) is 48.4 Å². The summed E-state index contributed by atoms with van der Waals surface area (Å²) in [6.45, 7) is 12.7. The molecular weight excluding hydrogens is 460 g/mol. The van der Waals surface area contributed by atoms with Crippen molar-refractivity contribution in [2.24, 2.45) is 17.8 Å². The molecule has 3 unspecified atom stereocenters. The molecule has 0 bridgehead atoms. The molecule has 0 amide bonds. The van der Waals surface area contributed by atoms with Gasteiger partial charge in [-0.1, -0.05) is 99.3 Å². The Kier molecular flexibility index (Phi) is 19.5. The first-order valence-corrected chi connectivity index (χ1v) is 14.4. The third kappa shape index (κ3) is 13.6. The van der Waals surface area contributed by atoms with E-state index in [0.29, 0.717) is 0 Å². The van der Waals surface area contributed by atoms with Crippen LogP contribution in [0.15, 0.2) is 0 Å². The van der Waals surface area contributed by atoms with Gasteiger partial charge in [0.05, 0.1) is 26.2 Å². The lowest BCUT2D eigenvalue weighted by atomic mass is 9.97. The molecule has 0 rings (SSSR count). The summed E-state index contributed by atoms with van der Waals surface area (Å²) < 4.78 is 16.1. The lowest BCUT2D eigenvalue weighted by Gasteiger charge is -2.26. The average Bonchev–Trinajstić information content (AvgIpc) is 2.88. The van der Waals surface area contributed by atoms with Crippen LogP contribution in [0.2, 0.25) is 0 Å². The van der Waals surface area contributed by atoms with Crippen LogP contribution in [0.3, 0.4) is 0 Å². The first-order valence-electron chi connectivity index (χ1n) is 14.4. The number of aliphatic hydroxyl groups is 1. The van der Waals surface area contributed by atoms with Crippen LogP contribution >= 0.6 is 0 Å². The molecule has 0 aliphatic heterocycles. The lowest BCUT2D eigenvalue weighted by Crippen LogP contribution is -2.51. The van der Waals surface area contributed by atoms with Gasteiger partial charge in [-0.3, -0.25) is 4.79 Å². The molecule has 212 valence electrons. The summed E-state index contributed by atoms with van der Waals surface area (Å²) in [7, 11) is 0. The van der Waals surface area contributed by atoms with Crippen molar-refractivity contribution in [2.45, 2.75) is 131 Å². The maximum absolute atomic E-state index is 13.0. The molecule has 0 aromatic heterocycles. The van der Waals surface area contributed by atoms with E-state index < -0.39 is 29.9 Å². The molecular formula is C29H54O7. The molecule has 0 heterocycles. The predicted octanol–water partition coefficient (Wildman–Crippen LogP) is 6.39. The van der Waals surface area contributed by atoms with Gasteiger partial charge in [0.2, 0.25) is 0 Å². The zero-order valence-electron chi connectivity index (χ0n) is 23.9. The first-order chi connectivity index (χ1) is 17.2. The van der Waals surface area contributed by atoms with Gasteiger partial charge in [-0.2, -0.15) is 0 Å². The third-order valence-corrected chi connectivity index (χ3v) is 7.09. The maximum Gasteiger partial charge on any atom is 0.350 e. The molecule has 0 spiro atoms. The van der Waals surface area contributed by atoms with E-state index in [2.05, 4.69) is 20.8 Å². The highest BCUT2D eigenvalue weighted by Gasteiger charge is 2.50. The molecule has 0 aliphatic carbocycles. The molecule has 0 fully saturated rings. The van der Waals surface area contributed by atoms with Gasteiger partial charge in [-0.05, 0) is 37.0 Å². The van der Waals surface area contributed by atoms with Crippen LogP contribution in [0.4, 0.5) is 0 Å². The number of rotatable bonds is 22. The summed E-state index contributed by atoms with van der Waals surface area (Å²) in [5.74, 6) is -2.63. The van der Waals surface area contributed by atoms with E-state index in [-0.39, 0.29) is 37.6 Å². The largest absolute Gasteiger partial charge is 0.465 e. The van der Waals surface area contributed by atoms with Gasteiger partial charge in [0.15, 0.2) is 0 Å². The maximum atomic E-state index is 13.0. The van der Waals surface area contributed by atoms with Crippen LogP contribution in [0, 0.1) is 17.8 Å². The van der Waals surface area contributed by atoms with Crippen molar-refractivity contribution in [2.75, 3.05) is 19.8 Å². The zero-order valence-corrected chi connectivity index (χ0v) is 23.9. The molecule has 0 radical (unpaired) electrons. The first kappa shape index (κ1) is 34.4. The Hall–Kier alpha value is -1.63. The minimum atomic E-state index is -2.71.